The SMILES string of the molecule is COC(=O)C1CC2C(O)CCCC12. The van der Waals surface area contributed by atoms with E-state index in [1.165, 1.54) is 7.11 Å². The zero-order chi connectivity index (χ0) is 9.42. The third-order valence-electron chi connectivity index (χ3n) is 3.63. The number of carbonyl (C=O) groups is 1. The molecule has 0 amide bonds. The van der Waals surface area contributed by atoms with Crippen LogP contribution in [0, 0.1) is 17.8 Å². The Bertz CT molecular complexity index is 214. The summed E-state index contributed by atoms with van der Waals surface area (Å²) in [5.74, 6) is 0.759. The van der Waals surface area contributed by atoms with Crippen molar-refractivity contribution in [3.8, 4) is 0 Å². The first-order chi connectivity index (χ1) is 6.24. The molecule has 0 aromatic heterocycles. The Kier molecular flexibility index (Phi) is 2.28. The smallest absolute Gasteiger partial charge is 0.308 e. The van der Waals surface area contributed by atoms with Gasteiger partial charge in [0.1, 0.15) is 0 Å². The van der Waals surface area contributed by atoms with Gasteiger partial charge in [-0.05, 0) is 31.1 Å². The minimum atomic E-state index is -0.167. The molecule has 0 saturated heterocycles. The van der Waals surface area contributed by atoms with Crippen molar-refractivity contribution >= 4 is 5.97 Å². The van der Waals surface area contributed by atoms with Crippen LogP contribution in [0.2, 0.25) is 0 Å². The Morgan fingerprint density at radius 3 is 2.85 bits per heavy atom. The molecule has 2 fully saturated rings. The van der Waals surface area contributed by atoms with Gasteiger partial charge in [-0.2, -0.15) is 0 Å². The van der Waals surface area contributed by atoms with Crippen molar-refractivity contribution in [3.05, 3.63) is 0 Å². The first-order valence-electron chi connectivity index (χ1n) is 5.00. The van der Waals surface area contributed by atoms with E-state index in [9.17, 15) is 9.90 Å². The van der Waals surface area contributed by atoms with Crippen LogP contribution in [0.5, 0.6) is 0 Å². The molecule has 2 saturated carbocycles. The molecule has 2 aliphatic rings. The minimum Gasteiger partial charge on any atom is -0.469 e. The predicted octanol–water partition coefficient (Wildman–Crippen LogP) is 0.956. The summed E-state index contributed by atoms with van der Waals surface area (Å²) in [5.41, 5.74) is 0. The van der Waals surface area contributed by atoms with E-state index in [2.05, 4.69) is 0 Å². The second kappa shape index (κ2) is 3.29. The van der Waals surface area contributed by atoms with E-state index in [-0.39, 0.29) is 18.0 Å². The highest BCUT2D eigenvalue weighted by Gasteiger charge is 2.49. The van der Waals surface area contributed by atoms with Crippen molar-refractivity contribution in [1.82, 2.24) is 0 Å². The monoisotopic (exact) mass is 184 g/mol. The molecule has 2 aliphatic carbocycles. The van der Waals surface area contributed by atoms with Gasteiger partial charge in [-0.25, -0.2) is 0 Å². The van der Waals surface area contributed by atoms with Gasteiger partial charge in [0.15, 0.2) is 0 Å². The highest BCUT2D eigenvalue weighted by molar-refractivity contribution is 5.73. The molecule has 3 nitrogen and oxygen atoms in total. The van der Waals surface area contributed by atoms with Crippen molar-refractivity contribution in [2.24, 2.45) is 17.8 Å². The summed E-state index contributed by atoms with van der Waals surface area (Å²) >= 11 is 0. The van der Waals surface area contributed by atoms with E-state index in [0.29, 0.717) is 11.8 Å². The maximum absolute atomic E-state index is 11.3. The lowest BCUT2D eigenvalue weighted by Gasteiger charge is -2.48. The molecule has 2 rings (SSSR count). The second-order valence-corrected chi connectivity index (χ2v) is 4.19. The van der Waals surface area contributed by atoms with E-state index in [1.54, 1.807) is 0 Å². The Morgan fingerprint density at radius 2 is 2.15 bits per heavy atom. The average Bonchev–Trinajstić information content (AvgIpc) is 2.08. The van der Waals surface area contributed by atoms with E-state index in [1.807, 2.05) is 0 Å². The Labute approximate surface area is 78.1 Å². The van der Waals surface area contributed by atoms with Crippen LogP contribution in [0.15, 0.2) is 0 Å². The molecular formula is C10H16O3. The molecule has 4 unspecified atom stereocenters. The summed E-state index contributed by atoms with van der Waals surface area (Å²) in [4.78, 5) is 11.3. The lowest BCUT2D eigenvalue weighted by Crippen LogP contribution is -2.49. The van der Waals surface area contributed by atoms with Gasteiger partial charge in [0, 0.05) is 0 Å². The van der Waals surface area contributed by atoms with Crippen LogP contribution in [0.25, 0.3) is 0 Å². The van der Waals surface area contributed by atoms with Crippen molar-refractivity contribution in [2.75, 3.05) is 7.11 Å². The van der Waals surface area contributed by atoms with Crippen molar-refractivity contribution < 1.29 is 14.6 Å². The lowest BCUT2D eigenvalue weighted by molar-refractivity contribution is -0.162. The zero-order valence-corrected chi connectivity index (χ0v) is 7.90. The number of aliphatic hydroxyl groups excluding tert-OH is 1. The van der Waals surface area contributed by atoms with Gasteiger partial charge in [0.05, 0.1) is 19.1 Å². The molecule has 0 aromatic rings. The number of esters is 1. The highest BCUT2D eigenvalue weighted by Crippen LogP contribution is 2.49. The number of hydrogen-bond acceptors (Lipinski definition) is 3. The Morgan fingerprint density at radius 1 is 1.38 bits per heavy atom. The molecule has 13 heavy (non-hydrogen) atoms. The van der Waals surface area contributed by atoms with Crippen molar-refractivity contribution in [2.45, 2.75) is 31.8 Å². The summed E-state index contributed by atoms with van der Waals surface area (Å²) in [6, 6.07) is 0. The van der Waals surface area contributed by atoms with Gasteiger partial charge >= 0.3 is 5.97 Å². The fourth-order valence-electron chi connectivity index (χ4n) is 2.80. The van der Waals surface area contributed by atoms with Crippen LogP contribution in [0.4, 0.5) is 0 Å². The molecule has 0 spiro atoms. The molecule has 0 radical (unpaired) electrons. The molecule has 0 aromatic carbocycles. The topological polar surface area (TPSA) is 46.5 Å². The Hall–Kier alpha value is -0.570. The van der Waals surface area contributed by atoms with Crippen LogP contribution in [0.1, 0.15) is 25.7 Å². The second-order valence-electron chi connectivity index (χ2n) is 4.19. The summed E-state index contributed by atoms with van der Waals surface area (Å²) in [5, 5.41) is 9.62. The number of aliphatic hydroxyl groups is 1. The minimum absolute atomic E-state index is 0.0740. The fourth-order valence-corrected chi connectivity index (χ4v) is 2.80. The maximum Gasteiger partial charge on any atom is 0.308 e. The largest absolute Gasteiger partial charge is 0.469 e. The zero-order valence-electron chi connectivity index (χ0n) is 7.90. The number of fused-ring (bicyclic) bond motifs is 1. The van der Waals surface area contributed by atoms with E-state index in [4.69, 9.17) is 4.74 Å². The van der Waals surface area contributed by atoms with Crippen molar-refractivity contribution in [1.29, 1.82) is 0 Å². The maximum atomic E-state index is 11.3. The molecule has 4 atom stereocenters. The van der Waals surface area contributed by atoms with Crippen LogP contribution < -0.4 is 0 Å². The Balaban J connectivity index is 1.96. The fraction of sp³-hybridized carbons (Fsp3) is 0.900. The predicted molar refractivity (Wildman–Crippen MR) is 47.0 cm³/mol. The number of methoxy groups -OCH3 is 1. The van der Waals surface area contributed by atoms with E-state index in [0.717, 1.165) is 25.7 Å². The number of hydrogen-bond donors (Lipinski definition) is 1. The number of rotatable bonds is 1. The highest BCUT2D eigenvalue weighted by atomic mass is 16.5. The van der Waals surface area contributed by atoms with Gasteiger partial charge in [0.2, 0.25) is 0 Å². The standard InChI is InChI=1S/C10H16O3/c1-13-10(12)8-5-7-6(8)3-2-4-9(7)11/h6-9,11H,2-5H2,1H3. The van der Waals surface area contributed by atoms with Gasteiger partial charge in [-0.3, -0.25) is 4.79 Å². The summed E-state index contributed by atoms with van der Waals surface area (Å²) in [6.45, 7) is 0. The third-order valence-corrected chi connectivity index (χ3v) is 3.63. The van der Waals surface area contributed by atoms with Crippen LogP contribution >= 0.6 is 0 Å². The summed E-state index contributed by atoms with van der Waals surface area (Å²) in [6.07, 6.45) is 3.71. The van der Waals surface area contributed by atoms with Crippen LogP contribution in [-0.2, 0) is 9.53 Å². The van der Waals surface area contributed by atoms with Crippen LogP contribution in [0.3, 0.4) is 0 Å². The number of carbonyl (C=O) groups excluding carboxylic acids is 1. The summed E-state index contributed by atoms with van der Waals surface area (Å²) in [7, 11) is 1.44. The van der Waals surface area contributed by atoms with Gasteiger partial charge in [0.25, 0.3) is 0 Å². The molecule has 1 N–H and O–H groups in total. The van der Waals surface area contributed by atoms with Gasteiger partial charge < -0.3 is 9.84 Å². The van der Waals surface area contributed by atoms with Gasteiger partial charge in [-0.1, -0.05) is 6.42 Å². The van der Waals surface area contributed by atoms with E-state index < -0.39 is 0 Å². The van der Waals surface area contributed by atoms with Crippen LogP contribution in [-0.4, -0.2) is 24.3 Å². The quantitative estimate of drug-likeness (QED) is 0.617. The third kappa shape index (κ3) is 1.35. The summed E-state index contributed by atoms with van der Waals surface area (Å²) < 4.78 is 4.72. The molecule has 0 heterocycles. The lowest BCUT2D eigenvalue weighted by atomic mass is 9.57. The average molecular weight is 184 g/mol. The molecule has 0 bridgehead atoms. The number of ether oxygens (including phenoxy) is 1. The normalized spacial score (nSPS) is 43.2. The molecule has 0 aliphatic heterocycles. The van der Waals surface area contributed by atoms with Gasteiger partial charge in [-0.15, -0.1) is 0 Å². The first-order valence-corrected chi connectivity index (χ1v) is 5.00. The first kappa shape index (κ1) is 9.00. The van der Waals surface area contributed by atoms with E-state index >= 15 is 0 Å². The molecule has 74 valence electrons. The molecular weight excluding hydrogens is 168 g/mol. The molecule has 3 heteroatoms. The van der Waals surface area contributed by atoms with Crippen molar-refractivity contribution in [3.63, 3.8) is 0 Å².